The highest BCUT2D eigenvalue weighted by molar-refractivity contribution is 5.82. The average molecular weight is 300 g/mol. The number of nitrogens with one attached hydrogen (secondary N) is 1. The van der Waals surface area contributed by atoms with Crippen LogP contribution in [0, 0.1) is 5.92 Å². The fourth-order valence-electron chi connectivity index (χ4n) is 2.64. The zero-order chi connectivity index (χ0) is 16.2. The smallest absolute Gasteiger partial charge is 0.310 e. The number of aliphatic carboxylic acids is 1. The van der Waals surface area contributed by atoms with Crippen LogP contribution in [0.15, 0.2) is 0 Å². The van der Waals surface area contributed by atoms with Gasteiger partial charge in [-0.3, -0.25) is 14.5 Å². The molecule has 3 atom stereocenters. The van der Waals surface area contributed by atoms with Crippen molar-refractivity contribution in [3.8, 4) is 0 Å². The number of ether oxygens (including phenoxy) is 1. The minimum Gasteiger partial charge on any atom is -0.481 e. The summed E-state index contributed by atoms with van der Waals surface area (Å²) < 4.78 is 5.33. The van der Waals surface area contributed by atoms with Gasteiger partial charge in [0.05, 0.1) is 25.2 Å². The third kappa shape index (κ3) is 4.97. The zero-order valence-electron chi connectivity index (χ0n) is 13.7. The number of carboxylic acids is 1. The van der Waals surface area contributed by atoms with Crippen molar-refractivity contribution in [1.29, 1.82) is 0 Å². The number of hydrogen-bond acceptors (Lipinski definition) is 4. The Morgan fingerprint density at radius 2 is 2.00 bits per heavy atom. The van der Waals surface area contributed by atoms with Crippen molar-refractivity contribution in [3.05, 3.63) is 0 Å². The number of amides is 1. The largest absolute Gasteiger partial charge is 0.481 e. The summed E-state index contributed by atoms with van der Waals surface area (Å²) in [5.74, 6) is -1.50. The van der Waals surface area contributed by atoms with Gasteiger partial charge in [-0.1, -0.05) is 6.92 Å². The van der Waals surface area contributed by atoms with Gasteiger partial charge in [0.25, 0.3) is 0 Å². The Morgan fingerprint density at radius 3 is 2.48 bits per heavy atom. The molecule has 0 aliphatic carbocycles. The summed E-state index contributed by atoms with van der Waals surface area (Å²) >= 11 is 0. The van der Waals surface area contributed by atoms with E-state index in [1.807, 2.05) is 39.5 Å². The molecule has 1 heterocycles. The molecule has 1 amide bonds. The number of hydrogen-bond donors (Lipinski definition) is 2. The fourth-order valence-corrected chi connectivity index (χ4v) is 2.64. The van der Waals surface area contributed by atoms with Gasteiger partial charge >= 0.3 is 5.97 Å². The molecule has 21 heavy (non-hydrogen) atoms. The molecule has 0 aromatic rings. The van der Waals surface area contributed by atoms with Crippen molar-refractivity contribution in [2.75, 3.05) is 19.8 Å². The monoisotopic (exact) mass is 300 g/mol. The van der Waals surface area contributed by atoms with Crippen LogP contribution in [-0.4, -0.2) is 59.3 Å². The predicted molar refractivity (Wildman–Crippen MR) is 80.1 cm³/mol. The summed E-state index contributed by atoms with van der Waals surface area (Å²) in [5.41, 5.74) is -0.304. The molecular formula is C15H28N2O4. The first-order valence-electron chi connectivity index (χ1n) is 7.55. The molecule has 0 radical (unpaired) electrons. The van der Waals surface area contributed by atoms with Crippen molar-refractivity contribution in [1.82, 2.24) is 10.2 Å². The Balaban J connectivity index is 2.85. The first kappa shape index (κ1) is 17.9. The molecule has 0 saturated carbocycles. The lowest BCUT2D eigenvalue weighted by molar-refractivity contribution is -0.144. The quantitative estimate of drug-likeness (QED) is 0.768. The van der Waals surface area contributed by atoms with Crippen molar-refractivity contribution in [2.24, 2.45) is 5.92 Å². The Kier molecular flexibility index (Phi) is 6.16. The van der Waals surface area contributed by atoms with Gasteiger partial charge in [-0.2, -0.15) is 0 Å². The van der Waals surface area contributed by atoms with Gasteiger partial charge in [-0.05, 0) is 40.7 Å². The van der Waals surface area contributed by atoms with Crippen molar-refractivity contribution >= 4 is 11.9 Å². The summed E-state index contributed by atoms with van der Waals surface area (Å²) in [5, 5.41) is 12.3. The van der Waals surface area contributed by atoms with Crippen LogP contribution in [0.1, 0.15) is 41.0 Å². The van der Waals surface area contributed by atoms with Crippen molar-refractivity contribution in [3.63, 3.8) is 0 Å². The molecule has 1 aliphatic heterocycles. The SMILES string of the molecule is CCCN(C(C)C(=O)NC(C)(C)C)C1COCC1C(=O)O. The first-order chi connectivity index (χ1) is 9.67. The molecule has 0 spiro atoms. The maximum Gasteiger partial charge on any atom is 0.310 e. The number of carbonyl (C=O) groups excluding carboxylic acids is 1. The average Bonchev–Trinajstić information content (AvgIpc) is 2.82. The highest BCUT2D eigenvalue weighted by Crippen LogP contribution is 2.23. The van der Waals surface area contributed by atoms with Gasteiger partial charge in [0.15, 0.2) is 0 Å². The molecule has 122 valence electrons. The van der Waals surface area contributed by atoms with E-state index in [-0.39, 0.29) is 30.1 Å². The molecule has 0 bridgehead atoms. The van der Waals surface area contributed by atoms with E-state index in [1.54, 1.807) is 0 Å². The molecular weight excluding hydrogens is 272 g/mol. The summed E-state index contributed by atoms with van der Waals surface area (Å²) in [6.07, 6.45) is 0.857. The molecule has 3 unspecified atom stereocenters. The van der Waals surface area contributed by atoms with Crippen molar-refractivity contribution < 1.29 is 19.4 Å². The molecule has 1 saturated heterocycles. The summed E-state index contributed by atoms with van der Waals surface area (Å²) in [7, 11) is 0. The molecule has 1 rings (SSSR count). The lowest BCUT2D eigenvalue weighted by Gasteiger charge is -2.36. The summed E-state index contributed by atoms with van der Waals surface area (Å²) in [4.78, 5) is 25.7. The maximum absolute atomic E-state index is 12.4. The van der Waals surface area contributed by atoms with Gasteiger partial charge < -0.3 is 15.2 Å². The van der Waals surface area contributed by atoms with Crippen LogP contribution in [0.5, 0.6) is 0 Å². The summed E-state index contributed by atoms with van der Waals surface area (Å²) in [6.45, 7) is 10.9. The van der Waals surface area contributed by atoms with Crippen molar-refractivity contribution in [2.45, 2.75) is 58.7 Å². The van der Waals surface area contributed by atoms with E-state index in [2.05, 4.69) is 5.32 Å². The minimum atomic E-state index is -0.859. The van der Waals surface area contributed by atoms with E-state index in [4.69, 9.17) is 4.74 Å². The second kappa shape index (κ2) is 7.22. The van der Waals surface area contributed by atoms with E-state index in [0.717, 1.165) is 6.42 Å². The second-order valence-corrected chi connectivity index (χ2v) is 6.70. The standard InChI is InChI=1S/C15H28N2O4/c1-6-7-17(10(2)13(18)16-15(3,4)5)12-9-21-8-11(12)14(19)20/h10-12H,6-9H2,1-5H3,(H,16,18)(H,19,20). The van der Waals surface area contributed by atoms with E-state index in [1.165, 1.54) is 0 Å². The van der Waals surface area contributed by atoms with E-state index in [9.17, 15) is 14.7 Å². The third-order valence-corrected chi connectivity index (χ3v) is 3.65. The number of nitrogens with zero attached hydrogens (tertiary/aromatic N) is 1. The number of carboxylic acid groups (broad SMARTS) is 1. The zero-order valence-corrected chi connectivity index (χ0v) is 13.7. The topological polar surface area (TPSA) is 78.9 Å². The second-order valence-electron chi connectivity index (χ2n) is 6.70. The summed E-state index contributed by atoms with van der Waals surface area (Å²) in [6, 6.07) is -0.624. The van der Waals surface area contributed by atoms with Crippen LogP contribution in [0.2, 0.25) is 0 Å². The van der Waals surface area contributed by atoms with Crippen LogP contribution in [0.3, 0.4) is 0 Å². The van der Waals surface area contributed by atoms with Gasteiger partial charge in [-0.25, -0.2) is 0 Å². The normalized spacial score (nSPS) is 24.1. The highest BCUT2D eigenvalue weighted by atomic mass is 16.5. The number of rotatable bonds is 6. The lowest BCUT2D eigenvalue weighted by atomic mass is 9.99. The molecule has 6 heteroatoms. The van der Waals surface area contributed by atoms with Crippen LogP contribution in [0.25, 0.3) is 0 Å². The van der Waals surface area contributed by atoms with Crippen LogP contribution >= 0.6 is 0 Å². The van der Waals surface area contributed by atoms with Crippen LogP contribution in [0.4, 0.5) is 0 Å². The Hall–Kier alpha value is -1.14. The highest BCUT2D eigenvalue weighted by Gasteiger charge is 2.41. The van der Waals surface area contributed by atoms with E-state index in [0.29, 0.717) is 13.2 Å². The molecule has 1 aliphatic rings. The third-order valence-electron chi connectivity index (χ3n) is 3.65. The Bertz CT molecular complexity index is 378. The van der Waals surface area contributed by atoms with Crippen LogP contribution in [-0.2, 0) is 14.3 Å². The Morgan fingerprint density at radius 1 is 1.38 bits per heavy atom. The van der Waals surface area contributed by atoms with Gasteiger partial charge in [0, 0.05) is 11.6 Å². The van der Waals surface area contributed by atoms with Crippen LogP contribution < -0.4 is 5.32 Å². The molecule has 2 N–H and O–H groups in total. The lowest BCUT2D eigenvalue weighted by Crippen LogP contribution is -2.56. The molecule has 1 fully saturated rings. The Labute approximate surface area is 126 Å². The van der Waals surface area contributed by atoms with E-state index >= 15 is 0 Å². The number of carbonyl (C=O) groups is 2. The van der Waals surface area contributed by atoms with Gasteiger partial charge in [0.2, 0.25) is 5.91 Å². The molecule has 0 aromatic heterocycles. The first-order valence-corrected chi connectivity index (χ1v) is 7.55. The molecule has 6 nitrogen and oxygen atoms in total. The minimum absolute atomic E-state index is 0.0769. The van der Waals surface area contributed by atoms with E-state index < -0.39 is 11.9 Å². The molecule has 0 aromatic carbocycles. The maximum atomic E-state index is 12.4. The van der Waals surface area contributed by atoms with Gasteiger partial charge in [0.1, 0.15) is 0 Å². The fraction of sp³-hybridized carbons (Fsp3) is 0.867. The predicted octanol–water partition coefficient (Wildman–Crippen LogP) is 1.10. The van der Waals surface area contributed by atoms with Gasteiger partial charge in [-0.15, -0.1) is 0 Å².